The van der Waals surface area contributed by atoms with E-state index in [2.05, 4.69) is 16.0 Å². The van der Waals surface area contributed by atoms with Crippen LogP contribution in [0.5, 0.6) is 0 Å². The Balaban J connectivity index is 0.00000371. The molecule has 0 heterocycles. The molecule has 0 aliphatic heterocycles. The number of hydroxylamine groups is 2. The number of carbonyl (C=O) groups is 4. The summed E-state index contributed by atoms with van der Waals surface area (Å²) in [6.07, 6.45) is 6.01. The highest BCUT2D eigenvalue weighted by atomic mass is 16.7. The lowest BCUT2D eigenvalue weighted by atomic mass is 9.98. The first-order valence-corrected chi connectivity index (χ1v) is 12.9. The van der Waals surface area contributed by atoms with E-state index in [9.17, 15) is 19.2 Å². The smallest absolute Gasteiger partial charge is 0.309 e. The zero-order valence-electron chi connectivity index (χ0n) is 23.8. The van der Waals surface area contributed by atoms with Crippen molar-refractivity contribution in [3.63, 3.8) is 0 Å². The highest BCUT2D eigenvalue weighted by Crippen LogP contribution is 2.24. The second-order valence-electron chi connectivity index (χ2n) is 8.09. The maximum Gasteiger partial charge on any atom is 0.309 e. The number of nitrogens with one attached hydrogen (secondary N) is 3. The average molecular weight is 537 g/mol. The van der Waals surface area contributed by atoms with E-state index < -0.39 is 17.7 Å². The SMILES string of the molecule is C/C=C(CNC(=O)C(=O)NC/C=C/C(=O)N(C)OC)\C(=C/C)C(=O)NC(C)c1cccc2ccccc12.CC. The fraction of sp³-hybridized carbons (Fsp3) is 0.333. The molecule has 0 saturated carbocycles. The number of fused-ring (bicyclic) bond motifs is 1. The summed E-state index contributed by atoms with van der Waals surface area (Å²) in [7, 11) is 2.80. The lowest BCUT2D eigenvalue weighted by molar-refractivity contribution is -0.162. The molecular weight excluding hydrogens is 496 g/mol. The second kappa shape index (κ2) is 17.3. The summed E-state index contributed by atoms with van der Waals surface area (Å²) in [6, 6.07) is 13.7. The number of nitrogens with zero attached hydrogens (tertiary/aromatic N) is 1. The molecule has 9 nitrogen and oxygen atoms in total. The van der Waals surface area contributed by atoms with Crippen LogP contribution in [0.2, 0.25) is 0 Å². The van der Waals surface area contributed by atoms with Crippen LogP contribution in [0.4, 0.5) is 0 Å². The molecule has 3 N–H and O–H groups in total. The topological polar surface area (TPSA) is 117 Å². The number of amides is 4. The standard InChI is InChI=1S/C28H34N4O5.C2H6/c1-6-20(18-30-28(36)27(35)29-17-11-16-25(33)32(4)37-5)22(7-2)26(34)31-19(3)23-15-10-13-21-12-8-9-14-24(21)23;1-2/h6-16,19H,17-18H2,1-5H3,(H,29,35)(H,30,36)(H,31,34);1-2H3/b16-11+,20-6-,22-7+;. The van der Waals surface area contributed by atoms with Gasteiger partial charge in [-0.15, -0.1) is 0 Å². The molecule has 2 aromatic carbocycles. The molecule has 0 saturated heterocycles. The molecule has 9 heteroatoms. The Hall–Kier alpha value is -4.24. The van der Waals surface area contributed by atoms with Gasteiger partial charge < -0.3 is 16.0 Å². The molecule has 0 bridgehead atoms. The van der Waals surface area contributed by atoms with E-state index in [-0.39, 0.29) is 25.0 Å². The lowest BCUT2D eigenvalue weighted by Gasteiger charge is -2.19. The Kier molecular flexibility index (Phi) is 14.5. The molecule has 0 fully saturated rings. The Labute approximate surface area is 230 Å². The van der Waals surface area contributed by atoms with E-state index >= 15 is 0 Å². The highest BCUT2D eigenvalue weighted by Gasteiger charge is 2.19. The van der Waals surface area contributed by atoms with Gasteiger partial charge in [-0.25, -0.2) is 5.06 Å². The van der Waals surface area contributed by atoms with Crippen LogP contribution in [0, 0.1) is 0 Å². The number of carbonyl (C=O) groups excluding carboxylic acids is 4. The summed E-state index contributed by atoms with van der Waals surface area (Å²) >= 11 is 0. The van der Waals surface area contributed by atoms with Crippen molar-refractivity contribution in [1.29, 1.82) is 0 Å². The van der Waals surface area contributed by atoms with Gasteiger partial charge in [-0.2, -0.15) is 0 Å². The predicted octanol–water partition coefficient (Wildman–Crippen LogP) is 3.74. The first-order valence-electron chi connectivity index (χ1n) is 12.9. The molecule has 4 amide bonds. The Morgan fingerprint density at radius 2 is 1.56 bits per heavy atom. The number of hydrogen-bond donors (Lipinski definition) is 3. The fourth-order valence-corrected chi connectivity index (χ4v) is 3.64. The van der Waals surface area contributed by atoms with E-state index in [0.29, 0.717) is 11.1 Å². The molecule has 0 aromatic heterocycles. The summed E-state index contributed by atoms with van der Waals surface area (Å²) < 4.78 is 0. The molecule has 0 radical (unpaired) electrons. The maximum atomic E-state index is 13.1. The van der Waals surface area contributed by atoms with Gasteiger partial charge in [0.05, 0.1) is 13.2 Å². The molecule has 0 aliphatic carbocycles. The van der Waals surface area contributed by atoms with Crippen LogP contribution in [-0.2, 0) is 24.0 Å². The van der Waals surface area contributed by atoms with E-state index in [1.54, 1.807) is 26.0 Å². The van der Waals surface area contributed by atoms with E-state index in [4.69, 9.17) is 4.84 Å². The van der Waals surface area contributed by atoms with E-state index in [1.165, 1.54) is 26.3 Å². The van der Waals surface area contributed by atoms with E-state index in [0.717, 1.165) is 21.4 Å². The van der Waals surface area contributed by atoms with Crippen LogP contribution in [-0.4, -0.2) is 55.9 Å². The summed E-state index contributed by atoms with van der Waals surface area (Å²) in [5.41, 5.74) is 1.97. The zero-order valence-corrected chi connectivity index (χ0v) is 23.8. The minimum Gasteiger partial charge on any atom is -0.345 e. The number of benzene rings is 2. The highest BCUT2D eigenvalue weighted by molar-refractivity contribution is 6.35. The third kappa shape index (κ3) is 9.86. The predicted molar refractivity (Wildman–Crippen MR) is 154 cm³/mol. The van der Waals surface area contributed by atoms with Crippen LogP contribution >= 0.6 is 0 Å². The average Bonchev–Trinajstić information content (AvgIpc) is 2.96. The van der Waals surface area contributed by atoms with Gasteiger partial charge in [-0.1, -0.05) is 74.5 Å². The molecule has 1 unspecified atom stereocenters. The molecule has 2 rings (SSSR count). The molecule has 210 valence electrons. The van der Waals surface area contributed by atoms with Gasteiger partial charge in [0, 0.05) is 31.8 Å². The van der Waals surface area contributed by atoms with Crippen molar-refractivity contribution in [1.82, 2.24) is 21.0 Å². The largest absolute Gasteiger partial charge is 0.345 e. The zero-order chi connectivity index (χ0) is 29.4. The summed E-state index contributed by atoms with van der Waals surface area (Å²) in [5.74, 6) is -2.41. The van der Waals surface area contributed by atoms with Crippen molar-refractivity contribution in [2.45, 2.75) is 40.7 Å². The first kappa shape index (κ1) is 32.8. The third-order valence-corrected chi connectivity index (χ3v) is 5.74. The van der Waals surface area contributed by atoms with Crippen molar-refractivity contribution in [3.8, 4) is 0 Å². The van der Waals surface area contributed by atoms with Crippen molar-refractivity contribution < 1.29 is 24.0 Å². The van der Waals surface area contributed by atoms with Crippen molar-refractivity contribution in [2.24, 2.45) is 0 Å². The van der Waals surface area contributed by atoms with Crippen LogP contribution in [0.25, 0.3) is 10.8 Å². The number of likely N-dealkylation sites (N-methyl/N-ethyl adjacent to an activating group) is 1. The minimum absolute atomic E-state index is 0.00848. The molecule has 2 aromatic rings. The number of rotatable bonds is 10. The molecule has 39 heavy (non-hydrogen) atoms. The minimum atomic E-state index is -0.858. The van der Waals surface area contributed by atoms with Crippen LogP contribution in [0.1, 0.15) is 46.2 Å². The van der Waals surface area contributed by atoms with Crippen LogP contribution in [0.15, 0.2) is 77.9 Å². The first-order chi connectivity index (χ1) is 18.7. The number of hydrogen-bond acceptors (Lipinski definition) is 5. The van der Waals surface area contributed by atoms with Gasteiger partial charge in [0.25, 0.3) is 11.8 Å². The Bertz CT molecular complexity index is 1230. The van der Waals surface area contributed by atoms with Gasteiger partial charge in [0.15, 0.2) is 0 Å². The van der Waals surface area contributed by atoms with Gasteiger partial charge in [0.2, 0.25) is 0 Å². The fourth-order valence-electron chi connectivity index (χ4n) is 3.64. The Morgan fingerprint density at radius 1 is 0.923 bits per heavy atom. The summed E-state index contributed by atoms with van der Waals surface area (Å²) in [6.45, 7) is 9.39. The maximum absolute atomic E-state index is 13.1. The summed E-state index contributed by atoms with van der Waals surface area (Å²) in [5, 5.41) is 11.1. The third-order valence-electron chi connectivity index (χ3n) is 5.74. The van der Waals surface area contributed by atoms with Crippen molar-refractivity contribution >= 4 is 34.4 Å². The lowest BCUT2D eigenvalue weighted by Crippen LogP contribution is -2.41. The van der Waals surface area contributed by atoms with E-state index in [1.807, 2.05) is 63.2 Å². The Morgan fingerprint density at radius 3 is 2.21 bits per heavy atom. The quantitative estimate of drug-likeness (QED) is 0.185. The second-order valence-corrected chi connectivity index (χ2v) is 8.09. The van der Waals surface area contributed by atoms with Crippen LogP contribution in [0.3, 0.4) is 0 Å². The molecule has 0 aliphatic rings. The molecular formula is C30H40N4O5. The summed E-state index contributed by atoms with van der Waals surface area (Å²) in [4.78, 5) is 53.7. The normalized spacial score (nSPS) is 12.3. The van der Waals surface area contributed by atoms with Crippen molar-refractivity contribution in [2.75, 3.05) is 27.2 Å². The van der Waals surface area contributed by atoms with Crippen molar-refractivity contribution in [3.05, 3.63) is 83.5 Å². The van der Waals surface area contributed by atoms with Gasteiger partial charge in [-0.3, -0.25) is 24.0 Å². The monoisotopic (exact) mass is 536 g/mol. The van der Waals surface area contributed by atoms with Gasteiger partial charge in [0.1, 0.15) is 0 Å². The van der Waals surface area contributed by atoms with Gasteiger partial charge >= 0.3 is 11.8 Å². The molecule has 1 atom stereocenters. The van der Waals surface area contributed by atoms with Gasteiger partial charge in [-0.05, 0) is 42.7 Å². The number of allylic oxidation sites excluding steroid dienone is 2. The molecule has 0 spiro atoms. The van der Waals surface area contributed by atoms with Crippen LogP contribution < -0.4 is 16.0 Å².